The van der Waals surface area contributed by atoms with E-state index in [0.717, 1.165) is 0 Å². The van der Waals surface area contributed by atoms with E-state index in [-0.39, 0.29) is 11.9 Å². The fourth-order valence-electron chi connectivity index (χ4n) is 2.95. The Morgan fingerprint density at radius 1 is 1.23 bits per heavy atom. The van der Waals surface area contributed by atoms with Crippen molar-refractivity contribution in [3.63, 3.8) is 0 Å². The average molecular weight is 349 g/mol. The van der Waals surface area contributed by atoms with Gasteiger partial charge >= 0.3 is 6.09 Å². The summed E-state index contributed by atoms with van der Waals surface area (Å²) in [6, 6.07) is 15.9. The van der Waals surface area contributed by atoms with Gasteiger partial charge in [0, 0.05) is 23.0 Å². The van der Waals surface area contributed by atoms with Gasteiger partial charge in [0.05, 0.1) is 18.2 Å². The largest absolute Gasteiger partial charge is 0.447 e. The third-order valence-electron chi connectivity index (χ3n) is 4.15. The molecule has 2 aromatic carbocycles. The molecule has 1 fully saturated rings. The molecule has 0 aromatic heterocycles. The van der Waals surface area contributed by atoms with Gasteiger partial charge in [0.15, 0.2) is 0 Å². The van der Waals surface area contributed by atoms with E-state index in [0.29, 0.717) is 35.7 Å². The number of cyclic esters (lactones) is 1. The first-order chi connectivity index (χ1) is 12.5. The minimum absolute atomic E-state index is 0.100. The molecule has 1 heterocycles. The van der Waals surface area contributed by atoms with Crippen molar-refractivity contribution < 1.29 is 14.3 Å². The van der Waals surface area contributed by atoms with Gasteiger partial charge in [0.1, 0.15) is 6.61 Å². The summed E-state index contributed by atoms with van der Waals surface area (Å²) in [4.78, 5) is 28.1. The summed E-state index contributed by atoms with van der Waals surface area (Å²) in [5, 5.41) is 9.12. The molecule has 0 bridgehead atoms. The minimum Gasteiger partial charge on any atom is -0.447 e. The van der Waals surface area contributed by atoms with Crippen LogP contribution >= 0.6 is 0 Å². The van der Waals surface area contributed by atoms with E-state index < -0.39 is 6.09 Å². The highest BCUT2D eigenvalue weighted by atomic mass is 16.6. The zero-order valence-electron chi connectivity index (χ0n) is 14.7. The lowest BCUT2D eigenvalue weighted by Gasteiger charge is -2.27. The molecule has 6 nitrogen and oxygen atoms in total. The predicted octanol–water partition coefficient (Wildman–Crippen LogP) is 3.57. The summed E-state index contributed by atoms with van der Waals surface area (Å²) in [6.07, 6.45) is -0.406. The quantitative estimate of drug-likeness (QED) is 0.846. The van der Waals surface area contributed by atoms with Crippen LogP contribution in [0.4, 0.5) is 16.2 Å². The third kappa shape index (κ3) is 3.38. The minimum atomic E-state index is -0.406. The number of nitriles is 1. The van der Waals surface area contributed by atoms with E-state index in [1.807, 2.05) is 13.8 Å². The molecule has 1 saturated heterocycles. The maximum absolute atomic E-state index is 13.1. The van der Waals surface area contributed by atoms with Crippen molar-refractivity contribution in [1.29, 1.82) is 5.26 Å². The second-order valence-electron chi connectivity index (χ2n) is 6.25. The zero-order valence-corrected chi connectivity index (χ0v) is 14.7. The van der Waals surface area contributed by atoms with Crippen LogP contribution < -0.4 is 9.80 Å². The first-order valence-corrected chi connectivity index (χ1v) is 8.39. The number of carbonyl (C=O) groups excluding carboxylic acids is 2. The zero-order chi connectivity index (χ0) is 18.7. The van der Waals surface area contributed by atoms with Crippen LogP contribution in [0.25, 0.3) is 0 Å². The lowest BCUT2D eigenvalue weighted by Crippen LogP contribution is -2.37. The van der Waals surface area contributed by atoms with Gasteiger partial charge in [-0.3, -0.25) is 9.69 Å². The predicted molar refractivity (Wildman–Crippen MR) is 98.2 cm³/mol. The lowest BCUT2D eigenvalue weighted by molar-refractivity contribution is 0.0980. The van der Waals surface area contributed by atoms with E-state index in [4.69, 9.17) is 10.00 Å². The van der Waals surface area contributed by atoms with E-state index in [1.54, 1.807) is 53.4 Å². The molecule has 3 rings (SSSR count). The molecule has 0 spiro atoms. The van der Waals surface area contributed by atoms with Gasteiger partial charge in [-0.05, 0) is 50.2 Å². The van der Waals surface area contributed by atoms with Crippen LogP contribution in [0.15, 0.2) is 48.5 Å². The number of rotatable bonds is 4. The molecule has 0 atom stereocenters. The van der Waals surface area contributed by atoms with Crippen molar-refractivity contribution in [2.75, 3.05) is 23.0 Å². The average Bonchev–Trinajstić information content (AvgIpc) is 3.08. The Balaban J connectivity index is 1.95. The molecule has 0 saturated carbocycles. The Labute approximate surface area is 152 Å². The molecular formula is C20H19N3O3. The van der Waals surface area contributed by atoms with Crippen molar-refractivity contribution in [1.82, 2.24) is 0 Å². The number of benzene rings is 2. The van der Waals surface area contributed by atoms with Gasteiger partial charge in [-0.2, -0.15) is 5.26 Å². The third-order valence-corrected chi connectivity index (χ3v) is 4.15. The second kappa shape index (κ2) is 7.28. The first kappa shape index (κ1) is 17.5. The first-order valence-electron chi connectivity index (χ1n) is 8.39. The molecule has 0 radical (unpaired) electrons. The number of hydrogen-bond donors (Lipinski definition) is 0. The van der Waals surface area contributed by atoms with Gasteiger partial charge in [-0.1, -0.05) is 12.1 Å². The SMILES string of the molecule is CC(C)N(C(=O)c1cccc(N2CCOC2=O)c1)c1cccc(C#N)c1. The molecule has 0 aliphatic carbocycles. The van der Waals surface area contributed by atoms with Crippen molar-refractivity contribution in [2.45, 2.75) is 19.9 Å². The van der Waals surface area contributed by atoms with Gasteiger partial charge < -0.3 is 9.64 Å². The molecule has 132 valence electrons. The summed E-state index contributed by atoms with van der Waals surface area (Å²) in [5.41, 5.74) is 2.26. The van der Waals surface area contributed by atoms with Crippen molar-refractivity contribution in [3.05, 3.63) is 59.7 Å². The molecule has 2 amide bonds. The Morgan fingerprint density at radius 3 is 2.65 bits per heavy atom. The van der Waals surface area contributed by atoms with E-state index in [9.17, 15) is 9.59 Å². The lowest BCUT2D eigenvalue weighted by atomic mass is 10.1. The molecule has 6 heteroatoms. The molecule has 1 aliphatic rings. The number of ether oxygens (including phenoxy) is 1. The second-order valence-corrected chi connectivity index (χ2v) is 6.25. The standard InChI is InChI=1S/C20H19N3O3/c1-14(2)23(18-8-3-5-15(11-18)13-21)19(24)16-6-4-7-17(12-16)22-9-10-26-20(22)25/h3-8,11-12,14H,9-10H2,1-2H3. The fraction of sp³-hybridized carbons (Fsp3) is 0.250. The van der Waals surface area contributed by atoms with E-state index in [1.165, 1.54) is 4.90 Å². The van der Waals surface area contributed by atoms with Gasteiger partial charge in [0.25, 0.3) is 5.91 Å². The summed E-state index contributed by atoms with van der Waals surface area (Å²) in [7, 11) is 0. The monoisotopic (exact) mass is 349 g/mol. The molecule has 2 aromatic rings. The van der Waals surface area contributed by atoms with Crippen LogP contribution in [-0.4, -0.2) is 31.2 Å². The van der Waals surface area contributed by atoms with E-state index >= 15 is 0 Å². The highest BCUT2D eigenvalue weighted by Crippen LogP contribution is 2.25. The number of amides is 2. The molecule has 0 N–H and O–H groups in total. The fourth-order valence-corrected chi connectivity index (χ4v) is 2.95. The van der Waals surface area contributed by atoms with Crippen molar-refractivity contribution in [3.8, 4) is 6.07 Å². The molecule has 1 aliphatic heterocycles. The maximum atomic E-state index is 13.1. The summed E-state index contributed by atoms with van der Waals surface area (Å²) in [5.74, 6) is -0.190. The number of nitrogens with zero attached hydrogens (tertiary/aromatic N) is 3. The smallest absolute Gasteiger partial charge is 0.414 e. The van der Waals surface area contributed by atoms with Crippen LogP contribution in [0, 0.1) is 11.3 Å². The van der Waals surface area contributed by atoms with Gasteiger partial charge in [-0.15, -0.1) is 0 Å². The summed E-state index contributed by atoms with van der Waals surface area (Å²) in [6.45, 7) is 4.64. The van der Waals surface area contributed by atoms with E-state index in [2.05, 4.69) is 6.07 Å². The Kier molecular flexibility index (Phi) is 4.90. The highest BCUT2D eigenvalue weighted by molar-refractivity contribution is 6.07. The molecule has 0 unspecified atom stereocenters. The van der Waals surface area contributed by atoms with Crippen molar-refractivity contribution >= 4 is 23.4 Å². The number of hydrogen-bond acceptors (Lipinski definition) is 4. The Bertz CT molecular complexity index is 886. The molecule has 26 heavy (non-hydrogen) atoms. The summed E-state index contributed by atoms with van der Waals surface area (Å²) < 4.78 is 4.96. The van der Waals surface area contributed by atoms with Gasteiger partial charge in [-0.25, -0.2) is 4.79 Å². The van der Waals surface area contributed by atoms with Crippen LogP contribution in [0.3, 0.4) is 0 Å². The molecular weight excluding hydrogens is 330 g/mol. The van der Waals surface area contributed by atoms with Crippen molar-refractivity contribution in [2.24, 2.45) is 0 Å². The Morgan fingerprint density at radius 2 is 2.00 bits per heavy atom. The summed E-state index contributed by atoms with van der Waals surface area (Å²) >= 11 is 0. The van der Waals surface area contributed by atoms with Crippen LogP contribution in [-0.2, 0) is 4.74 Å². The van der Waals surface area contributed by atoms with Crippen LogP contribution in [0.1, 0.15) is 29.8 Å². The van der Waals surface area contributed by atoms with Gasteiger partial charge in [0.2, 0.25) is 0 Å². The number of anilines is 2. The normalized spacial score (nSPS) is 13.5. The number of carbonyl (C=O) groups is 2. The maximum Gasteiger partial charge on any atom is 0.414 e. The van der Waals surface area contributed by atoms with Crippen LogP contribution in [0.5, 0.6) is 0 Å². The Hall–Kier alpha value is -3.33. The van der Waals surface area contributed by atoms with Crippen LogP contribution in [0.2, 0.25) is 0 Å². The highest BCUT2D eigenvalue weighted by Gasteiger charge is 2.26. The topological polar surface area (TPSA) is 73.6 Å².